The Hall–Kier alpha value is -2.08. The smallest absolute Gasteiger partial charge is 0.318 e. The van der Waals surface area contributed by atoms with E-state index in [-0.39, 0.29) is 36.0 Å². The largest absolute Gasteiger partial charge is 0.322 e. The average molecular weight is 362 g/mol. The van der Waals surface area contributed by atoms with Crippen molar-refractivity contribution < 1.29 is 14.4 Å². The van der Waals surface area contributed by atoms with Crippen LogP contribution >= 0.6 is 11.6 Å². The number of urea groups is 1. The van der Waals surface area contributed by atoms with Crippen molar-refractivity contribution in [2.24, 2.45) is 0 Å². The molecular formula is C18H20ClN3O3. The van der Waals surface area contributed by atoms with Crippen molar-refractivity contribution in [3.8, 4) is 0 Å². The van der Waals surface area contributed by atoms with Gasteiger partial charge in [0.2, 0.25) is 11.8 Å². The maximum absolute atomic E-state index is 12.7. The molecule has 25 heavy (non-hydrogen) atoms. The van der Waals surface area contributed by atoms with Crippen LogP contribution in [0.15, 0.2) is 24.3 Å². The van der Waals surface area contributed by atoms with Crippen LogP contribution in [0.2, 0.25) is 5.02 Å². The number of rotatable bonds is 2. The second-order valence-electron chi connectivity index (χ2n) is 7.01. The van der Waals surface area contributed by atoms with Crippen LogP contribution in [-0.2, 0) is 9.59 Å². The highest BCUT2D eigenvalue weighted by Gasteiger charge is 2.47. The van der Waals surface area contributed by atoms with Gasteiger partial charge in [-0.15, -0.1) is 0 Å². The summed E-state index contributed by atoms with van der Waals surface area (Å²) in [6.07, 6.45) is 3.86. The monoisotopic (exact) mass is 361 g/mol. The van der Waals surface area contributed by atoms with E-state index in [0.717, 1.165) is 12.8 Å². The number of piperidine rings is 1. The van der Waals surface area contributed by atoms with Crippen molar-refractivity contribution in [1.29, 1.82) is 0 Å². The molecule has 3 heterocycles. The van der Waals surface area contributed by atoms with Crippen molar-refractivity contribution in [1.82, 2.24) is 9.80 Å². The van der Waals surface area contributed by atoms with E-state index in [4.69, 9.17) is 11.6 Å². The van der Waals surface area contributed by atoms with Crippen molar-refractivity contribution >= 4 is 35.1 Å². The summed E-state index contributed by atoms with van der Waals surface area (Å²) in [6, 6.07) is 7.01. The van der Waals surface area contributed by atoms with E-state index in [1.807, 2.05) is 4.90 Å². The summed E-state index contributed by atoms with van der Waals surface area (Å²) in [5.41, 5.74) is 0.709. The molecule has 0 radical (unpaired) electrons. The molecule has 3 saturated heterocycles. The average Bonchev–Trinajstić information content (AvgIpc) is 3.06. The van der Waals surface area contributed by atoms with Gasteiger partial charge >= 0.3 is 6.03 Å². The predicted octanol–water partition coefficient (Wildman–Crippen LogP) is 3.02. The molecule has 4 rings (SSSR count). The number of fused-ring (bicyclic) bond motifs is 2. The summed E-state index contributed by atoms with van der Waals surface area (Å²) in [5, 5.41) is 3.55. The molecule has 132 valence electrons. The standard InChI is InChI=1S/C18H20ClN3O3/c19-11-1-3-12(4-2-11)20-18(25)21-13-5-6-14(21)10-15(9-13)22-16(23)7-8-17(22)24/h1-4,13-15H,5-10H2,(H,20,25). The highest BCUT2D eigenvalue weighted by atomic mass is 35.5. The van der Waals surface area contributed by atoms with Gasteiger partial charge in [0.25, 0.3) is 0 Å². The number of hydrogen-bond acceptors (Lipinski definition) is 3. The van der Waals surface area contributed by atoms with E-state index < -0.39 is 0 Å². The lowest BCUT2D eigenvalue weighted by Crippen LogP contribution is -2.54. The minimum Gasteiger partial charge on any atom is -0.318 e. The molecule has 2 atom stereocenters. The number of carbonyl (C=O) groups excluding carboxylic acids is 3. The Balaban J connectivity index is 1.45. The number of amides is 4. The number of hydrogen-bond donors (Lipinski definition) is 1. The van der Waals surface area contributed by atoms with Crippen LogP contribution in [0.4, 0.5) is 10.5 Å². The first-order valence-electron chi connectivity index (χ1n) is 8.72. The second kappa shape index (κ2) is 6.33. The van der Waals surface area contributed by atoms with Gasteiger partial charge in [0.1, 0.15) is 0 Å². The molecule has 0 aliphatic carbocycles. The van der Waals surface area contributed by atoms with Gasteiger partial charge in [-0.1, -0.05) is 11.6 Å². The highest BCUT2D eigenvalue weighted by Crippen LogP contribution is 2.39. The van der Waals surface area contributed by atoms with Gasteiger partial charge in [-0.25, -0.2) is 4.79 Å². The molecule has 0 saturated carbocycles. The van der Waals surface area contributed by atoms with Crippen LogP contribution in [0.25, 0.3) is 0 Å². The Morgan fingerprint density at radius 1 is 0.960 bits per heavy atom. The number of likely N-dealkylation sites (tertiary alicyclic amines) is 1. The van der Waals surface area contributed by atoms with Gasteiger partial charge in [-0.3, -0.25) is 14.5 Å². The number of benzene rings is 1. The summed E-state index contributed by atoms with van der Waals surface area (Å²) in [4.78, 5) is 40.1. The molecule has 3 aliphatic rings. The van der Waals surface area contributed by atoms with E-state index in [9.17, 15) is 14.4 Å². The molecule has 0 aromatic heterocycles. The summed E-state index contributed by atoms with van der Waals surface area (Å²) < 4.78 is 0. The fourth-order valence-corrected chi connectivity index (χ4v) is 4.54. The number of nitrogens with one attached hydrogen (secondary N) is 1. The third kappa shape index (κ3) is 2.99. The predicted molar refractivity (Wildman–Crippen MR) is 93.2 cm³/mol. The maximum Gasteiger partial charge on any atom is 0.322 e. The topological polar surface area (TPSA) is 69.7 Å². The van der Waals surface area contributed by atoms with Crippen LogP contribution in [0, 0.1) is 0 Å². The van der Waals surface area contributed by atoms with Crippen molar-refractivity contribution in [2.45, 2.75) is 56.7 Å². The lowest BCUT2D eigenvalue weighted by atomic mass is 9.96. The van der Waals surface area contributed by atoms with Gasteiger partial charge in [0, 0.05) is 41.7 Å². The van der Waals surface area contributed by atoms with E-state index in [0.29, 0.717) is 36.4 Å². The van der Waals surface area contributed by atoms with Crippen molar-refractivity contribution in [2.75, 3.05) is 5.32 Å². The minimum atomic E-state index is -0.118. The molecule has 2 unspecified atom stereocenters. The van der Waals surface area contributed by atoms with Gasteiger partial charge in [0.05, 0.1) is 0 Å². The summed E-state index contributed by atoms with van der Waals surface area (Å²) in [6.45, 7) is 0. The summed E-state index contributed by atoms with van der Waals surface area (Å²) in [7, 11) is 0. The zero-order valence-corrected chi connectivity index (χ0v) is 14.5. The maximum atomic E-state index is 12.7. The Kier molecular flexibility index (Phi) is 4.15. The van der Waals surface area contributed by atoms with E-state index in [1.165, 1.54) is 4.90 Å². The van der Waals surface area contributed by atoms with Crippen molar-refractivity contribution in [3.63, 3.8) is 0 Å². The van der Waals surface area contributed by atoms with E-state index in [1.54, 1.807) is 24.3 Å². The van der Waals surface area contributed by atoms with Crippen LogP contribution < -0.4 is 5.32 Å². The lowest BCUT2D eigenvalue weighted by Gasteiger charge is -2.41. The van der Waals surface area contributed by atoms with E-state index >= 15 is 0 Å². The molecule has 3 fully saturated rings. The van der Waals surface area contributed by atoms with Crippen molar-refractivity contribution in [3.05, 3.63) is 29.3 Å². The molecule has 1 aromatic rings. The first kappa shape index (κ1) is 16.4. The normalized spacial score (nSPS) is 28.6. The number of nitrogens with zero attached hydrogens (tertiary/aromatic N) is 2. The second-order valence-corrected chi connectivity index (χ2v) is 7.45. The third-order valence-corrected chi connectivity index (χ3v) is 5.75. The first-order valence-corrected chi connectivity index (χ1v) is 9.10. The molecule has 3 aliphatic heterocycles. The Labute approximate surface area is 151 Å². The van der Waals surface area contributed by atoms with Crippen LogP contribution in [0.1, 0.15) is 38.5 Å². The third-order valence-electron chi connectivity index (χ3n) is 5.49. The fraction of sp³-hybridized carbons (Fsp3) is 0.500. The summed E-state index contributed by atoms with van der Waals surface area (Å²) in [5.74, 6) is -0.123. The van der Waals surface area contributed by atoms with Crippen LogP contribution in [0.5, 0.6) is 0 Å². The number of halogens is 1. The number of imide groups is 1. The van der Waals surface area contributed by atoms with Gasteiger partial charge < -0.3 is 10.2 Å². The molecule has 0 spiro atoms. The first-order chi connectivity index (χ1) is 12.0. The Morgan fingerprint density at radius 2 is 1.52 bits per heavy atom. The quantitative estimate of drug-likeness (QED) is 0.823. The van der Waals surface area contributed by atoms with Crippen LogP contribution in [0.3, 0.4) is 0 Å². The van der Waals surface area contributed by atoms with E-state index in [2.05, 4.69) is 5.32 Å². The zero-order chi connectivity index (χ0) is 17.6. The lowest BCUT2D eigenvalue weighted by molar-refractivity contribution is -0.142. The summed E-state index contributed by atoms with van der Waals surface area (Å²) >= 11 is 5.87. The minimum absolute atomic E-state index is 0.0559. The van der Waals surface area contributed by atoms with Gasteiger partial charge in [-0.05, 0) is 49.9 Å². The molecule has 1 N–H and O–H groups in total. The fourth-order valence-electron chi connectivity index (χ4n) is 4.41. The highest BCUT2D eigenvalue weighted by molar-refractivity contribution is 6.30. The number of carbonyl (C=O) groups is 3. The molecule has 6 nitrogen and oxygen atoms in total. The molecule has 4 amide bonds. The SMILES string of the molecule is O=C1CCC(=O)N1C1CC2CCC(C1)N2C(=O)Nc1ccc(Cl)cc1. The molecular weight excluding hydrogens is 342 g/mol. The molecule has 2 bridgehead atoms. The molecule has 7 heteroatoms. The van der Waals surface area contributed by atoms with Gasteiger partial charge in [-0.2, -0.15) is 0 Å². The number of anilines is 1. The molecule has 1 aromatic carbocycles. The Bertz CT molecular complexity index is 691. The van der Waals surface area contributed by atoms with Crippen LogP contribution in [-0.4, -0.2) is 45.8 Å². The zero-order valence-electron chi connectivity index (χ0n) is 13.8. The Morgan fingerprint density at radius 3 is 2.08 bits per heavy atom. The van der Waals surface area contributed by atoms with Gasteiger partial charge in [0.15, 0.2) is 0 Å².